The average Bonchev–Trinajstić information content (AvgIpc) is 2.41. The van der Waals surface area contributed by atoms with Gasteiger partial charge in [0.05, 0.1) is 0 Å². The summed E-state index contributed by atoms with van der Waals surface area (Å²) in [6.45, 7) is 0. The van der Waals surface area contributed by atoms with E-state index < -0.39 is 0 Å². The van der Waals surface area contributed by atoms with Crippen LogP contribution in [0.25, 0.3) is 0 Å². The maximum absolute atomic E-state index is 3.42. The summed E-state index contributed by atoms with van der Waals surface area (Å²) in [7, 11) is 0. The highest BCUT2D eigenvalue weighted by Crippen LogP contribution is 2.16. The smallest absolute Gasteiger partial charge is 0.00313 e. The molecule has 0 N–H and O–H groups in total. The molecule has 0 aromatic rings. The van der Waals surface area contributed by atoms with E-state index in [1.807, 2.05) is 0 Å². The number of alkyl halides is 1. The predicted molar refractivity (Wildman–Crippen MR) is 49.4 cm³/mol. The zero-order valence-electron chi connectivity index (χ0n) is 6.09. The molecule has 1 aliphatic rings. The van der Waals surface area contributed by atoms with Gasteiger partial charge in [0.15, 0.2) is 0 Å². The van der Waals surface area contributed by atoms with Crippen molar-refractivity contribution in [3.05, 3.63) is 24.3 Å². The lowest BCUT2D eigenvalue weighted by Gasteiger charge is -2.01. The Labute approximate surface area is 71.1 Å². The second kappa shape index (κ2) is 4.73. The van der Waals surface area contributed by atoms with E-state index in [0.717, 1.165) is 11.2 Å². The summed E-state index contributed by atoms with van der Waals surface area (Å²) in [5, 5.41) is 1.15. The summed E-state index contributed by atoms with van der Waals surface area (Å²) in [6.07, 6.45) is 12.8. The van der Waals surface area contributed by atoms with Gasteiger partial charge in [0.1, 0.15) is 0 Å². The predicted octanol–water partition coefficient (Wildman–Crippen LogP) is 3.29. The molecular formula is C9H13Br. The van der Waals surface area contributed by atoms with Gasteiger partial charge < -0.3 is 0 Å². The molecule has 1 aliphatic carbocycles. The third-order valence-electron chi connectivity index (χ3n) is 1.75. The fourth-order valence-corrected chi connectivity index (χ4v) is 1.54. The fraction of sp³-hybridized carbons (Fsp3) is 0.556. The van der Waals surface area contributed by atoms with Crippen LogP contribution in [-0.4, -0.2) is 5.33 Å². The van der Waals surface area contributed by atoms with Crippen molar-refractivity contribution in [1.29, 1.82) is 0 Å². The number of halogens is 1. The molecule has 0 bridgehead atoms. The molecule has 56 valence electrons. The van der Waals surface area contributed by atoms with Gasteiger partial charge in [-0.3, -0.25) is 0 Å². The normalized spacial score (nSPS) is 16.9. The number of unbranched alkanes of at least 4 members (excludes halogenated alkanes) is 1. The topological polar surface area (TPSA) is 0 Å². The lowest BCUT2D eigenvalue weighted by molar-refractivity contribution is 0.652. The second-order valence-corrected chi connectivity index (χ2v) is 3.41. The van der Waals surface area contributed by atoms with Crippen LogP contribution >= 0.6 is 15.9 Å². The van der Waals surface area contributed by atoms with E-state index in [-0.39, 0.29) is 0 Å². The Morgan fingerprint density at radius 1 is 1.10 bits per heavy atom. The summed E-state index contributed by atoms with van der Waals surface area (Å²) >= 11 is 3.42. The first-order valence-corrected chi connectivity index (χ1v) is 4.96. The van der Waals surface area contributed by atoms with Crippen LogP contribution in [0.1, 0.15) is 19.3 Å². The standard InChI is InChI=1S/C9H13Br/c10-8-4-3-7-9-5-1-2-6-9/h1-2,5-6,9H,3-4,7-8H2. The number of hydrogen-bond donors (Lipinski definition) is 0. The van der Waals surface area contributed by atoms with Gasteiger partial charge in [-0.2, -0.15) is 0 Å². The van der Waals surface area contributed by atoms with Gasteiger partial charge in [-0.05, 0) is 18.8 Å². The molecule has 0 spiro atoms. The van der Waals surface area contributed by atoms with E-state index >= 15 is 0 Å². The quantitative estimate of drug-likeness (QED) is 0.483. The van der Waals surface area contributed by atoms with Gasteiger partial charge in [0, 0.05) is 5.33 Å². The molecule has 1 rings (SSSR count). The minimum Gasteiger partial charge on any atom is -0.0928 e. The number of rotatable bonds is 4. The van der Waals surface area contributed by atoms with Crippen LogP contribution in [0.3, 0.4) is 0 Å². The minimum atomic E-state index is 0.735. The van der Waals surface area contributed by atoms with Crippen LogP contribution in [0.2, 0.25) is 0 Å². The molecule has 0 aromatic carbocycles. The van der Waals surface area contributed by atoms with Gasteiger partial charge in [-0.1, -0.05) is 46.7 Å². The molecule has 10 heavy (non-hydrogen) atoms. The van der Waals surface area contributed by atoms with Crippen LogP contribution in [-0.2, 0) is 0 Å². The Bertz CT molecular complexity index is 124. The van der Waals surface area contributed by atoms with E-state index in [0.29, 0.717) is 0 Å². The summed E-state index contributed by atoms with van der Waals surface area (Å²) in [5.41, 5.74) is 0. The molecule has 0 aromatic heterocycles. The molecule has 0 unspecified atom stereocenters. The Morgan fingerprint density at radius 2 is 1.80 bits per heavy atom. The van der Waals surface area contributed by atoms with Crippen molar-refractivity contribution in [2.24, 2.45) is 5.92 Å². The largest absolute Gasteiger partial charge is 0.0928 e. The van der Waals surface area contributed by atoms with Crippen molar-refractivity contribution < 1.29 is 0 Å². The molecule has 0 saturated carbocycles. The summed E-state index contributed by atoms with van der Waals surface area (Å²) in [6, 6.07) is 0. The molecule has 0 amide bonds. The van der Waals surface area contributed by atoms with Crippen molar-refractivity contribution in [2.45, 2.75) is 19.3 Å². The van der Waals surface area contributed by atoms with Gasteiger partial charge in [-0.25, -0.2) is 0 Å². The van der Waals surface area contributed by atoms with Crippen molar-refractivity contribution in [3.63, 3.8) is 0 Å². The van der Waals surface area contributed by atoms with Gasteiger partial charge in [-0.15, -0.1) is 0 Å². The SMILES string of the molecule is BrCCCCC1C=CC=C1. The molecule has 1 heteroatoms. The summed E-state index contributed by atoms with van der Waals surface area (Å²) < 4.78 is 0. The van der Waals surface area contributed by atoms with E-state index in [4.69, 9.17) is 0 Å². The van der Waals surface area contributed by atoms with Crippen molar-refractivity contribution >= 4 is 15.9 Å². The Morgan fingerprint density at radius 3 is 2.40 bits per heavy atom. The van der Waals surface area contributed by atoms with Crippen LogP contribution in [0, 0.1) is 5.92 Å². The van der Waals surface area contributed by atoms with Crippen LogP contribution < -0.4 is 0 Å². The second-order valence-electron chi connectivity index (χ2n) is 2.62. The minimum absolute atomic E-state index is 0.735. The Balaban J connectivity index is 2.03. The highest BCUT2D eigenvalue weighted by molar-refractivity contribution is 9.09. The van der Waals surface area contributed by atoms with E-state index in [9.17, 15) is 0 Å². The molecule has 0 fully saturated rings. The fourth-order valence-electron chi connectivity index (χ4n) is 1.14. The maximum Gasteiger partial charge on any atom is 0.00313 e. The zero-order chi connectivity index (χ0) is 7.23. The maximum atomic E-state index is 3.42. The van der Waals surface area contributed by atoms with E-state index in [1.165, 1.54) is 19.3 Å². The van der Waals surface area contributed by atoms with Crippen LogP contribution in [0.4, 0.5) is 0 Å². The Kier molecular flexibility index (Phi) is 3.81. The van der Waals surface area contributed by atoms with Gasteiger partial charge in [0.2, 0.25) is 0 Å². The first kappa shape index (κ1) is 8.06. The molecule has 0 saturated heterocycles. The molecule has 0 radical (unpaired) electrons. The highest BCUT2D eigenvalue weighted by Gasteiger charge is 2.01. The summed E-state index contributed by atoms with van der Waals surface area (Å²) in [5.74, 6) is 0.735. The van der Waals surface area contributed by atoms with Gasteiger partial charge >= 0.3 is 0 Å². The molecule has 0 nitrogen and oxygen atoms in total. The van der Waals surface area contributed by atoms with Crippen molar-refractivity contribution in [1.82, 2.24) is 0 Å². The summed E-state index contributed by atoms with van der Waals surface area (Å²) in [4.78, 5) is 0. The Hall–Kier alpha value is -0.0400. The zero-order valence-corrected chi connectivity index (χ0v) is 7.68. The third-order valence-corrected chi connectivity index (χ3v) is 2.31. The number of allylic oxidation sites excluding steroid dienone is 4. The average molecular weight is 201 g/mol. The monoisotopic (exact) mass is 200 g/mol. The lowest BCUT2D eigenvalue weighted by atomic mass is 10.0. The number of hydrogen-bond acceptors (Lipinski definition) is 0. The molecule has 0 atom stereocenters. The van der Waals surface area contributed by atoms with Crippen LogP contribution in [0.15, 0.2) is 24.3 Å². The first-order valence-electron chi connectivity index (χ1n) is 3.84. The molecule has 0 aliphatic heterocycles. The third kappa shape index (κ3) is 2.70. The highest BCUT2D eigenvalue weighted by atomic mass is 79.9. The van der Waals surface area contributed by atoms with Crippen molar-refractivity contribution in [3.8, 4) is 0 Å². The molecular weight excluding hydrogens is 188 g/mol. The molecule has 0 heterocycles. The first-order chi connectivity index (χ1) is 4.93. The van der Waals surface area contributed by atoms with E-state index in [1.54, 1.807) is 0 Å². The van der Waals surface area contributed by atoms with Crippen LogP contribution in [0.5, 0.6) is 0 Å². The van der Waals surface area contributed by atoms with Gasteiger partial charge in [0.25, 0.3) is 0 Å². The van der Waals surface area contributed by atoms with E-state index in [2.05, 4.69) is 40.2 Å². The van der Waals surface area contributed by atoms with Crippen molar-refractivity contribution in [2.75, 3.05) is 5.33 Å². The lowest BCUT2D eigenvalue weighted by Crippen LogP contribution is -1.88.